The number of hydrazine groups is 1. The first-order chi connectivity index (χ1) is 13.1. The molecule has 0 spiro atoms. The number of hydrogen-bond acceptors (Lipinski definition) is 3. The Morgan fingerprint density at radius 1 is 0.926 bits per heavy atom. The quantitative estimate of drug-likeness (QED) is 0.685. The second kappa shape index (κ2) is 8.23. The van der Waals surface area contributed by atoms with E-state index in [4.69, 9.17) is 4.74 Å². The predicted molar refractivity (Wildman–Crippen MR) is 103 cm³/mol. The molecule has 2 amide bonds. The van der Waals surface area contributed by atoms with Gasteiger partial charge >= 0.3 is 0 Å². The minimum Gasteiger partial charge on any atom is -0.483 e. The lowest BCUT2D eigenvalue weighted by atomic mass is 10.1. The van der Waals surface area contributed by atoms with Crippen molar-refractivity contribution >= 4 is 11.8 Å². The van der Waals surface area contributed by atoms with Crippen molar-refractivity contribution < 1.29 is 14.3 Å². The summed E-state index contributed by atoms with van der Waals surface area (Å²) in [6.07, 6.45) is 3.70. The maximum Gasteiger partial charge on any atom is 0.276 e. The number of rotatable bonds is 5. The van der Waals surface area contributed by atoms with E-state index in [9.17, 15) is 9.59 Å². The Balaban J connectivity index is 1.58. The van der Waals surface area contributed by atoms with Crippen LogP contribution in [0.2, 0.25) is 0 Å². The Morgan fingerprint density at radius 3 is 2.44 bits per heavy atom. The first-order valence-corrected chi connectivity index (χ1v) is 8.57. The third kappa shape index (κ3) is 4.36. The molecular weight excluding hydrogens is 342 g/mol. The van der Waals surface area contributed by atoms with Crippen molar-refractivity contribution in [2.75, 3.05) is 6.61 Å². The molecule has 0 bridgehead atoms. The Bertz CT molecular complexity index is 949. The zero-order valence-corrected chi connectivity index (χ0v) is 15.2. The highest BCUT2D eigenvalue weighted by atomic mass is 16.5. The summed E-state index contributed by atoms with van der Waals surface area (Å²) in [7, 11) is 0. The van der Waals surface area contributed by atoms with Gasteiger partial charge in [0, 0.05) is 12.4 Å². The molecule has 2 aromatic carbocycles. The van der Waals surface area contributed by atoms with Crippen LogP contribution in [0.3, 0.4) is 0 Å². The SMILES string of the molecule is Cc1cccc(OCC(=O)NNC(=O)c2ccccc2-n2cccc2)c1C. The molecule has 1 heterocycles. The molecule has 27 heavy (non-hydrogen) atoms. The molecule has 0 saturated carbocycles. The number of nitrogens with zero attached hydrogens (tertiary/aromatic N) is 1. The van der Waals surface area contributed by atoms with Gasteiger partial charge in [0.1, 0.15) is 5.75 Å². The van der Waals surface area contributed by atoms with Crippen LogP contribution in [0.25, 0.3) is 5.69 Å². The van der Waals surface area contributed by atoms with E-state index >= 15 is 0 Å². The molecule has 0 aliphatic carbocycles. The second-order valence-electron chi connectivity index (χ2n) is 6.10. The number of ether oxygens (including phenoxy) is 1. The summed E-state index contributed by atoms with van der Waals surface area (Å²) < 4.78 is 7.37. The van der Waals surface area contributed by atoms with E-state index < -0.39 is 11.8 Å². The lowest BCUT2D eigenvalue weighted by Gasteiger charge is -2.13. The molecule has 6 heteroatoms. The van der Waals surface area contributed by atoms with Crippen molar-refractivity contribution in [1.29, 1.82) is 0 Å². The van der Waals surface area contributed by atoms with E-state index in [2.05, 4.69) is 10.9 Å². The molecule has 0 fully saturated rings. The van der Waals surface area contributed by atoms with Crippen LogP contribution in [0.1, 0.15) is 21.5 Å². The first-order valence-electron chi connectivity index (χ1n) is 8.57. The topological polar surface area (TPSA) is 72.4 Å². The standard InChI is InChI=1S/C21H21N3O3/c1-15-8-7-11-19(16(15)2)27-14-20(25)22-23-21(26)17-9-3-4-10-18(17)24-12-5-6-13-24/h3-13H,14H2,1-2H3,(H,22,25)(H,23,26). The highest BCUT2D eigenvalue weighted by molar-refractivity contribution is 5.98. The fourth-order valence-electron chi connectivity index (χ4n) is 2.64. The highest BCUT2D eigenvalue weighted by Gasteiger charge is 2.13. The maximum absolute atomic E-state index is 12.5. The van der Waals surface area contributed by atoms with Crippen LogP contribution in [0, 0.1) is 13.8 Å². The van der Waals surface area contributed by atoms with Crippen LogP contribution in [-0.2, 0) is 4.79 Å². The molecule has 0 radical (unpaired) electrons. The average molecular weight is 363 g/mol. The maximum atomic E-state index is 12.5. The number of aryl methyl sites for hydroxylation is 1. The van der Waals surface area contributed by atoms with Crippen molar-refractivity contribution in [2.45, 2.75) is 13.8 Å². The summed E-state index contributed by atoms with van der Waals surface area (Å²) in [6, 6.07) is 16.6. The number of para-hydroxylation sites is 1. The smallest absolute Gasteiger partial charge is 0.276 e. The summed E-state index contributed by atoms with van der Waals surface area (Å²) in [5.74, 6) is -0.198. The number of carbonyl (C=O) groups excluding carboxylic acids is 2. The molecule has 138 valence electrons. The summed E-state index contributed by atoms with van der Waals surface area (Å²) >= 11 is 0. The lowest BCUT2D eigenvalue weighted by Crippen LogP contribution is -2.44. The van der Waals surface area contributed by atoms with Crippen LogP contribution in [0.5, 0.6) is 5.75 Å². The van der Waals surface area contributed by atoms with Crippen LogP contribution < -0.4 is 15.6 Å². The van der Waals surface area contributed by atoms with E-state index in [1.807, 2.05) is 73.3 Å². The minimum absolute atomic E-state index is 0.191. The number of benzene rings is 2. The highest BCUT2D eigenvalue weighted by Crippen LogP contribution is 2.20. The number of hydrogen-bond donors (Lipinski definition) is 2. The molecule has 2 N–H and O–H groups in total. The van der Waals surface area contributed by atoms with Crippen LogP contribution in [-0.4, -0.2) is 23.0 Å². The van der Waals surface area contributed by atoms with Crippen molar-refractivity contribution in [3.63, 3.8) is 0 Å². The number of amides is 2. The van der Waals surface area contributed by atoms with E-state index in [1.54, 1.807) is 12.1 Å². The van der Waals surface area contributed by atoms with Crippen LogP contribution >= 0.6 is 0 Å². The Kier molecular flexibility index (Phi) is 5.56. The van der Waals surface area contributed by atoms with Gasteiger partial charge in [-0.3, -0.25) is 20.4 Å². The first kappa shape index (κ1) is 18.3. The monoisotopic (exact) mass is 363 g/mol. The molecule has 0 saturated heterocycles. The van der Waals surface area contributed by atoms with Gasteiger partial charge in [0.15, 0.2) is 6.61 Å². The molecule has 0 aliphatic heterocycles. The van der Waals surface area contributed by atoms with Crippen molar-refractivity contribution in [3.8, 4) is 11.4 Å². The van der Waals surface area contributed by atoms with Gasteiger partial charge in [-0.2, -0.15) is 0 Å². The Morgan fingerprint density at radius 2 is 1.67 bits per heavy atom. The number of nitrogens with one attached hydrogen (secondary N) is 2. The van der Waals surface area contributed by atoms with Gasteiger partial charge in [0.25, 0.3) is 11.8 Å². The molecule has 1 aromatic heterocycles. The largest absolute Gasteiger partial charge is 0.483 e. The lowest BCUT2D eigenvalue weighted by molar-refractivity contribution is -0.123. The normalized spacial score (nSPS) is 10.3. The summed E-state index contributed by atoms with van der Waals surface area (Å²) in [5, 5.41) is 0. The summed E-state index contributed by atoms with van der Waals surface area (Å²) in [5.41, 5.74) is 8.06. The summed E-state index contributed by atoms with van der Waals surface area (Å²) in [4.78, 5) is 24.5. The molecule has 3 rings (SSSR count). The zero-order valence-electron chi connectivity index (χ0n) is 15.2. The molecule has 3 aromatic rings. The van der Waals surface area contributed by atoms with Crippen molar-refractivity contribution in [1.82, 2.24) is 15.4 Å². The van der Waals surface area contributed by atoms with E-state index in [1.165, 1.54) is 0 Å². The average Bonchev–Trinajstić information content (AvgIpc) is 3.22. The Labute approximate surface area is 157 Å². The fourth-order valence-corrected chi connectivity index (χ4v) is 2.64. The van der Waals surface area contributed by atoms with Crippen LogP contribution in [0.4, 0.5) is 0 Å². The van der Waals surface area contributed by atoms with Gasteiger partial charge in [0.2, 0.25) is 0 Å². The van der Waals surface area contributed by atoms with Crippen LogP contribution in [0.15, 0.2) is 67.0 Å². The van der Waals surface area contributed by atoms with Gasteiger partial charge in [-0.15, -0.1) is 0 Å². The third-order valence-electron chi connectivity index (χ3n) is 4.26. The Hall–Kier alpha value is -3.54. The van der Waals surface area contributed by atoms with Gasteiger partial charge in [-0.1, -0.05) is 24.3 Å². The predicted octanol–water partition coefficient (Wildman–Crippen LogP) is 2.93. The minimum atomic E-state index is -0.442. The number of carbonyl (C=O) groups is 2. The van der Waals surface area contributed by atoms with Crippen molar-refractivity contribution in [2.24, 2.45) is 0 Å². The molecule has 0 atom stereocenters. The second-order valence-corrected chi connectivity index (χ2v) is 6.10. The number of aromatic nitrogens is 1. The molecule has 6 nitrogen and oxygen atoms in total. The van der Waals surface area contributed by atoms with Gasteiger partial charge in [0.05, 0.1) is 11.3 Å². The molecule has 0 unspecified atom stereocenters. The van der Waals surface area contributed by atoms with Crippen molar-refractivity contribution in [3.05, 3.63) is 83.7 Å². The third-order valence-corrected chi connectivity index (χ3v) is 4.26. The molecule has 0 aliphatic rings. The van der Waals surface area contributed by atoms with Gasteiger partial charge in [-0.25, -0.2) is 0 Å². The van der Waals surface area contributed by atoms with Gasteiger partial charge in [-0.05, 0) is 55.3 Å². The van der Waals surface area contributed by atoms with E-state index in [0.717, 1.165) is 16.8 Å². The summed E-state index contributed by atoms with van der Waals surface area (Å²) in [6.45, 7) is 3.72. The molecular formula is C21H21N3O3. The zero-order chi connectivity index (χ0) is 19.2. The van der Waals surface area contributed by atoms with E-state index in [-0.39, 0.29) is 6.61 Å². The van der Waals surface area contributed by atoms with E-state index in [0.29, 0.717) is 11.3 Å². The fraction of sp³-hybridized carbons (Fsp3) is 0.143. The van der Waals surface area contributed by atoms with Gasteiger partial charge < -0.3 is 9.30 Å².